The maximum absolute atomic E-state index is 12.3. The second kappa shape index (κ2) is 5.50. The number of pyridine rings is 2. The smallest absolute Gasteiger partial charge is 0.258 e. The largest absolute Gasteiger partial charge is 0.345 e. The molecule has 0 aliphatic heterocycles. The van der Waals surface area contributed by atoms with E-state index < -0.39 is 0 Å². The fourth-order valence-electron chi connectivity index (χ4n) is 2.82. The molecule has 0 aliphatic carbocycles. The number of rotatable bonds is 2. The monoisotopic (exact) mass is 309 g/mol. The van der Waals surface area contributed by atoms with Crippen LogP contribution in [-0.4, -0.2) is 34.9 Å². The van der Waals surface area contributed by atoms with Crippen LogP contribution in [0, 0.1) is 0 Å². The highest BCUT2D eigenvalue weighted by Crippen LogP contribution is 2.29. The van der Waals surface area contributed by atoms with Crippen molar-refractivity contribution in [1.82, 2.24) is 14.9 Å². The molecule has 3 rings (SSSR count). The fraction of sp³-hybridized carbons (Fsp3) is 0.278. The molecule has 5 heteroatoms. The first kappa shape index (κ1) is 15.2. The van der Waals surface area contributed by atoms with Gasteiger partial charge in [-0.1, -0.05) is 19.9 Å². The molecule has 0 saturated heterocycles. The summed E-state index contributed by atoms with van der Waals surface area (Å²) in [4.78, 5) is 33.4. The Morgan fingerprint density at radius 3 is 2.57 bits per heavy atom. The van der Waals surface area contributed by atoms with Crippen molar-refractivity contribution < 1.29 is 4.79 Å². The lowest BCUT2D eigenvalue weighted by molar-refractivity contribution is 0.0828. The second-order valence-electron chi connectivity index (χ2n) is 6.18. The number of hydrogen-bond donors (Lipinski definition) is 1. The fourth-order valence-corrected chi connectivity index (χ4v) is 2.82. The summed E-state index contributed by atoms with van der Waals surface area (Å²) in [7, 11) is 3.42. The molecule has 1 aromatic carbocycles. The van der Waals surface area contributed by atoms with E-state index in [1.165, 1.54) is 4.90 Å². The first-order valence-electron chi connectivity index (χ1n) is 7.57. The average Bonchev–Trinajstić information content (AvgIpc) is 2.52. The van der Waals surface area contributed by atoms with Crippen LogP contribution >= 0.6 is 0 Å². The van der Waals surface area contributed by atoms with Crippen LogP contribution in [0.4, 0.5) is 0 Å². The lowest BCUT2D eigenvalue weighted by Gasteiger charge is -2.14. The van der Waals surface area contributed by atoms with E-state index in [0.29, 0.717) is 16.5 Å². The lowest BCUT2D eigenvalue weighted by Crippen LogP contribution is -2.21. The highest BCUT2D eigenvalue weighted by Gasteiger charge is 2.16. The van der Waals surface area contributed by atoms with E-state index in [1.807, 2.05) is 6.07 Å². The quantitative estimate of drug-likeness (QED) is 0.740. The molecule has 0 saturated carbocycles. The van der Waals surface area contributed by atoms with Gasteiger partial charge in [-0.3, -0.25) is 14.6 Å². The maximum Gasteiger partial charge on any atom is 0.258 e. The van der Waals surface area contributed by atoms with Crippen molar-refractivity contribution in [3.8, 4) is 0 Å². The van der Waals surface area contributed by atoms with Gasteiger partial charge in [0.2, 0.25) is 0 Å². The van der Waals surface area contributed by atoms with Crippen molar-refractivity contribution in [1.29, 1.82) is 0 Å². The third-order valence-electron chi connectivity index (χ3n) is 3.94. The van der Waals surface area contributed by atoms with Crippen LogP contribution in [0.3, 0.4) is 0 Å². The first-order chi connectivity index (χ1) is 10.9. The third-order valence-corrected chi connectivity index (χ3v) is 3.94. The number of nitrogens with one attached hydrogen (secondary N) is 1. The molecule has 2 heterocycles. The molecule has 23 heavy (non-hydrogen) atoms. The van der Waals surface area contributed by atoms with Crippen molar-refractivity contribution in [3.05, 3.63) is 52.1 Å². The second-order valence-corrected chi connectivity index (χ2v) is 6.18. The molecule has 0 spiro atoms. The van der Waals surface area contributed by atoms with Gasteiger partial charge in [-0.05, 0) is 29.5 Å². The standard InChI is InChI=1S/C18H19N3O2/c1-10(2)16-12-6-5-11(18(23)21(3)4)9-13(12)15-14(20-16)7-8-19-17(15)22/h5-10H,1-4H3,(H,19,22). The summed E-state index contributed by atoms with van der Waals surface area (Å²) in [6.45, 7) is 4.14. The number of aromatic amines is 1. The molecule has 3 aromatic rings. The van der Waals surface area contributed by atoms with Gasteiger partial charge in [0.1, 0.15) is 0 Å². The van der Waals surface area contributed by atoms with Crippen LogP contribution in [0.2, 0.25) is 0 Å². The zero-order valence-corrected chi connectivity index (χ0v) is 13.7. The van der Waals surface area contributed by atoms with Crippen molar-refractivity contribution in [2.75, 3.05) is 14.1 Å². The topological polar surface area (TPSA) is 66.1 Å². The lowest BCUT2D eigenvalue weighted by atomic mass is 9.97. The van der Waals surface area contributed by atoms with E-state index in [-0.39, 0.29) is 17.4 Å². The van der Waals surface area contributed by atoms with E-state index in [0.717, 1.165) is 16.5 Å². The molecular weight excluding hydrogens is 290 g/mol. The van der Waals surface area contributed by atoms with Gasteiger partial charge in [0, 0.05) is 31.2 Å². The van der Waals surface area contributed by atoms with Crippen LogP contribution in [0.1, 0.15) is 35.8 Å². The number of carbonyl (C=O) groups excluding carboxylic acids is 1. The number of aromatic nitrogens is 2. The average molecular weight is 309 g/mol. The van der Waals surface area contributed by atoms with E-state index >= 15 is 0 Å². The molecule has 1 amide bonds. The molecule has 0 bridgehead atoms. The van der Waals surface area contributed by atoms with Gasteiger partial charge in [0.15, 0.2) is 0 Å². The molecule has 1 N–H and O–H groups in total. The minimum absolute atomic E-state index is 0.0877. The molecule has 0 unspecified atom stereocenters. The Hall–Kier alpha value is -2.69. The van der Waals surface area contributed by atoms with Crippen molar-refractivity contribution in [3.63, 3.8) is 0 Å². The van der Waals surface area contributed by atoms with Gasteiger partial charge < -0.3 is 9.88 Å². The van der Waals surface area contributed by atoms with Crippen LogP contribution in [0.25, 0.3) is 21.7 Å². The van der Waals surface area contributed by atoms with Crippen LogP contribution in [0.5, 0.6) is 0 Å². The normalized spacial score (nSPS) is 11.3. The Morgan fingerprint density at radius 2 is 1.91 bits per heavy atom. The molecule has 5 nitrogen and oxygen atoms in total. The highest BCUT2D eigenvalue weighted by molar-refractivity contribution is 6.09. The molecular formula is C18H19N3O2. The summed E-state index contributed by atoms with van der Waals surface area (Å²) in [5.41, 5.74) is 1.96. The van der Waals surface area contributed by atoms with Crippen molar-refractivity contribution in [2.24, 2.45) is 0 Å². The Kier molecular flexibility index (Phi) is 3.64. The molecule has 118 valence electrons. The summed E-state index contributed by atoms with van der Waals surface area (Å²) < 4.78 is 0. The minimum Gasteiger partial charge on any atom is -0.345 e. The third kappa shape index (κ3) is 2.48. The van der Waals surface area contributed by atoms with E-state index in [4.69, 9.17) is 0 Å². The summed E-state index contributed by atoms with van der Waals surface area (Å²) >= 11 is 0. The Bertz CT molecular complexity index is 971. The van der Waals surface area contributed by atoms with Crippen molar-refractivity contribution in [2.45, 2.75) is 19.8 Å². The van der Waals surface area contributed by atoms with Crippen LogP contribution < -0.4 is 5.56 Å². The summed E-state index contributed by atoms with van der Waals surface area (Å²) in [6.07, 6.45) is 1.60. The number of fused-ring (bicyclic) bond motifs is 3. The van der Waals surface area contributed by atoms with E-state index in [9.17, 15) is 9.59 Å². The summed E-state index contributed by atoms with van der Waals surface area (Å²) in [5, 5.41) is 2.22. The minimum atomic E-state index is -0.190. The number of carbonyl (C=O) groups is 1. The van der Waals surface area contributed by atoms with Gasteiger partial charge in [-0.25, -0.2) is 0 Å². The van der Waals surface area contributed by atoms with Crippen LogP contribution in [0.15, 0.2) is 35.3 Å². The van der Waals surface area contributed by atoms with Gasteiger partial charge in [0.25, 0.3) is 11.5 Å². The van der Waals surface area contributed by atoms with Crippen molar-refractivity contribution >= 4 is 27.6 Å². The SMILES string of the molecule is CC(C)c1nc2cc[nH]c(=O)c2c2cc(C(=O)N(C)C)ccc12. The summed E-state index contributed by atoms with van der Waals surface area (Å²) in [5.74, 6) is 0.131. The Labute approximate surface area is 134 Å². The van der Waals surface area contributed by atoms with Gasteiger partial charge in [0.05, 0.1) is 16.6 Å². The maximum atomic E-state index is 12.3. The summed E-state index contributed by atoms with van der Waals surface area (Å²) in [6, 6.07) is 7.27. The number of nitrogens with zero attached hydrogens (tertiary/aromatic N) is 2. The number of H-pyrrole nitrogens is 1. The molecule has 2 aromatic heterocycles. The number of benzene rings is 1. The number of amides is 1. The zero-order valence-electron chi connectivity index (χ0n) is 13.7. The predicted molar refractivity (Wildman–Crippen MR) is 92.0 cm³/mol. The predicted octanol–water partition coefficient (Wildman–Crippen LogP) is 2.90. The Morgan fingerprint density at radius 1 is 1.17 bits per heavy atom. The molecule has 0 aliphatic rings. The van der Waals surface area contributed by atoms with Crippen LogP contribution in [-0.2, 0) is 0 Å². The highest BCUT2D eigenvalue weighted by atomic mass is 16.2. The first-order valence-corrected chi connectivity index (χ1v) is 7.57. The van der Waals surface area contributed by atoms with Gasteiger partial charge >= 0.3 is 0 Å². The number of hydrogen-bond acceptors (Lipinski definition) is 3. The van der Waals surface area contributed by atoms with Gasteiger partial charge in [-0.15, -0.1) is 0 Å². The molecule has 0 atom stereocenters. The molecule has 0 radical (unpaired) electrons. The Balaban J connectivity index is 2.47. The van der Waals surface area contributed by atoms with E-state index in [1.54, 1.807) is 38.5 Å². The molecule has 0 fully saturated rings. The zero-order chi connectivity index (χ0) is 16.7. The van der Waals surface area contributed by atoms with Gasteiger partial charge in [-0.2, -0.15) is 0 Å². The van der Waals surface area contributed by atoms with E-state index in [2.05, 4.69) is 23.8 Å².